The Morgan fingerprint density at radius 3 is 1.59 bits per heavy atom. The van der Waals surface area contributed by atoms with Crippen LogP contribution in [-0.2, 0) is 14.9 Å². The molecular formula is C15H5F16KN2O4S. The zero-order chi connectivity index (χ0) is 30.3. The molecule has 0 radical (unpaired) electrons. The van der Waals surface area contributed by atoms with Crippen LogP contribution in [0.15, 0.2) is 29.2 Å². The van der Waals surface area contributed by atoms with Crippen LogP contribution < -0.4 is 56.7 Å². The Balaban J connectivity index is 0.00000760. The number of carbonyl (C=O) groups is 1. The van der Waals surface area contributed by atoms with Gasteiger partial charge in [-0.3, -0.25) is 4.79 Å². The number of piperidine rings is 1. The number of nitrogens with one attached hydrogen (secondary N) is 1. The number of anilines is 1. The summed E-state index contributed by atoms with van der Waals surface area (Å²) < 4.78 is 253. The fourth-order valence-electron chi connectivity index (χ4n) is 3.05. The number of carbonyl (C=O) groups excluding carboxylic acids is 1. The van der Waals surface area contributed by atoms with Crippen molar-refractivity contribution in [2.24, 2.45) is 0 Å². The number of rotatable bonds is 5. The molecule has 1 aromatic rings. The normalized spacial score (nSPS) is 27.4. The number of nitrogens with zero attached hydrogens (tertiary/aromatic N) is 1. The summed E-state index contributed by atoms with van der Waals surface area (Å²) in [6.45, 7) is 0. The summed E-state index contributed by atoms with van der Waals surface area (Å²) in [4.78, 5) is 10.4. The van der Waals surface area contributed by atoms with E-state index in [0.29, 0.717) is 5.32 Å². The fraction of sp³-hybridized carbons (Fsp3) is 0.533. The first-order chi connectivity index (χ1) is 16.5. The Labute approximate surface area is 246 Å². The third-order valence-corrected chi connectivity index (χ3v) is 5.92. The van der Waals surface area contributed by atoms with Gasteiger partial charge < -0.3 is 9.87 Å². The van der Waals surface area contributed by atoms with Crippen LogP contribution in [0.2, 0.25) is 0 Å². The second-order valence-corrected chi connectivity index (χ2v) is 8.71. The quantitative estimate of drug-likeness (QED) is 0.173. The molecule has 1 fully saturated rings. The van der Waals surface area contributed by atoms with E-state index in [0.717, 1.165) is 0 Å². The minimum atomic E-state index is -8.70. The van der Waals surface area contributed by atoms with Gasteiger partial charge >= 0.3 is 105 Å². The number of hydrogen-bond donors (Lipinski definition) is 1. The van der Waals surface area contributed by atoms with Gasteiger partial charge in [0, 0.05) is 5.69 Å². The molecule has 0 aliphatic carbocycles. The van der Waals surface area contributed by atoms with E-state index in [1.807, 2.05) is 0 Å². The Morgan fingerprint density at radius 1 is 0.821 bits per heavy atom. The molecule has 6 nitrogen and oxygen atoms in total. The van der Waals surface area contributed by atoms with Crippen LogP contribution in [0.5, 0.6) is 0 Å². The van der Waals surface area contributed by atoms with Crippen molar-refractivity contribution in [1.29, 1.82) is 0 Å². The summed E-state index contributed by atoms with van der Waals surface area (Å²) in [6, 6.07) is -7.23. The molecule has 0 bridgehead atoms. The van der Waals surface area contributed by atoms with Gasteiger partial charge in [-0.15, -0.1) is 4.48 Å². The summed E-state index contributed by atoms with van der Waals surface area (Å²) in [6.07, 6.45) is -8.16. The van der Waals surface area contributed by atoms with Gasteiger partial charge in [-0.25, -0.2) is 17.2 Å². The van der Waals surface area contributed by atoms with Gasteiger partial charge in [0.25, 0.3) is 0 Å². The van der Waals surface area contributed by atoms with Crippen LogP contribution in [0.3, 0.4) is 0 Å². The van der Waals surface area contributed by atoms with Crippen LogP contribution in [0, 0.1) is 0 Å². The van der Waals surface area contributed by atoms with Crippen LogP contribution in [-0.4, -0.2) is 71.4 Å². The third-order valence-electron chi connectivity index (χ3n) is 5.07. The predicted molar refractivity (Wildman–Crippen MR) is 84.4 cm³/mol. The zero-order valence-corrected chi connectivity index (χ0v) is 21.8. The van der Waals surface area contributed by atoms with Crippen LogP contribution in [0.25, 0.3) is 0 Å². The van der Waals surface area contributed by atoms with Crippen molar-refractivity contribution < 1.29 is 139 Å². The molecule has 0 saturated carbocycles. The molecule has 1 aliphatic rings. The molecule has 1 aliphatic heterocycles. The summed E-state index contributed by atoms with van der Waals surface area (Å²) in [7, 11) is -5.27. The molecule has 0 spiro atoms. The van der Waals surface area contributed by atoms with Gasteiger partial charge in [-0.05, 0) is 29.4 Å². The van der Waals surface area contributed by atoms with E-state index in [-0.39, 0.29) is 75.7 Å². The van der Waals surface area contributed by atoms with E-state index < -0.39 is 79.1 Å². The largest absolute Gasteiger partial charge is 1.00 e. The monoisotopic (exact) mass is 652 g/mol. The Kier molecular flexibility index (Phi) is 9.10. The van der Waals surface area contributed by atoms with E-state index in [9.17, 15) is 88.1 Å². The predicted octanol–water partition coefficient (Wildman–Crippen LogP) is 1.80. The van der Waals surface area contributed by atoms with E-state index in [2.05, 4.69) is 0 Å². The van der Waals surface area contributed by atoms with Gasteiger partial charge in [0.2, 0.25) is 0 Å². The Bertz CT molecular complexity index is 1220. The Hall–Kier alpha value is -0.924. The minimum Gasteiger partial charge on any atom is -0.744 e. The van der Waals surface area contributed by atoms with Gasteiger partial charge in [0.1, 0.15) is 10.1 Å². The van der Waals surface area contributed by atoms with Gasteiger partial charge in [0.05, 0.1) is 4.90 Å². The SMILES string of the molecule is O=C(Nc1ccc(S(=O)(=O)[O-])cc1)C(F)(F)C(F)(F)C1(F)C(F)(F)C(F)(F)C(F)(F)N(F)C1(F)C(F)(F)F.[K+]. The maximum Gasteiger partial charge on any atom is 1.00 e. The van der Waals surface area contributed by atoms with Crippen molar-refractivity contribution in [2.75, 3.05) is 5.32 Å². The van der Waals surface area contributed by atoms with E-state index >= 15 is 0 Å². The first kappa shape index (κ1) is 36.1. The molecular weight excluding hydrogens is 647 g/mol. The molecule has 1 saturated heterocycles. The summed E-state index contributed by atoms with van der Waals surface area (Å²) in [5.41, 5.74) is -10.0. The minimum absolute atomic E-state index is 0. The smallest absolute Gasteiger partial charge is 0.744 e. The second kappa shape index (κ2) is 9.83. The number of amides is 1. The third kappa shape index (κ3) is 4.55. The molecule has 1 heterocycles. The molecule has 39 heavy (non-hydrogen) atoms. The average molecular weight is 652 g/mol. The average Bonchev–Trinajstić information content (AvgIpc) is 2.74. The first-order valence-electron chi connectivity index (χ1n) is 8.68. The van der Waals surface area contributed by atoms with Crippen molar-refractivity contribution >= 4 is 21.7 Å². The maximum atomic E-state index is 14.9. The molecule has 1 amide bonds. The fourth-order valence-corrected chi connectivity index (χ4v) is 3.52. The van der Waals surface area contributed by atoms with Crippen LogP contribution >= 0.6 is 0 Å². The van der Waals surface area contributed by atoms with E-state index in [1.54, 1.807) is 0 Å². The molecule has 2 rings (SSSR count). The van der Waals surface area contributed by atoms with Crippen molar-refractivity contribution in [3.8, 4) is 0 Å². The first-order valence-corrected chi connectivity index (χ1v) is 10.1. The van der Waals surface area contributed by atoms with Gasteiger partial charge in [0.15, 0.2) is 0 Å². The summed E-state index contributed by atoms with van der Waals surface area (Å²) in [5, 5.41) is -3.93. The zero-order valence-electron chi connectivity index (χ0n) is 17.8. The molecule has 24 heteroatoms. The molecule has 2 atom stereocenters. The molecule has 0 aromatic heterocycles. The topological polar surface area (TPSA) is 89.5 Å². The van der Waals surface area contributed by atoms with Crippen molar-refractivity contribution in [2.45, 2.75) is 52.3 Å². The number of halogens is 16. The summed E-state index contributed by atoms with van der Waals surface area (Å²) in [5.74, 6) is -44.8. The van der Waals surface area contributed by atoms with Crippen molar-refractivity contribution in [3.63, 3.8) is 0 Å². The van der Waals surface area contributed by atoms with Crippen molar-refractivity contribution in [3.05, 3.63) is 24.3 Å². The van der Waals surface area contributed by atoms with E-state index in [1.165, 1.54) is 0 Å². The van der Waals surface area contributed by atoms with E-state index in [4.69, 9.17) is 0 Å². The molecule has 2 unspecified atom stereocenters. The Morgan fingerprint density at radius 2 is 1.23 bits per heavy atom. The van der Waals surface area contributed by atoms with Gasteiger partial charge in [-0.2, -0.15) is 57.1 Å². The number of alkyl halides is 15. The van der Waals surface area contributed by atoms with Gasteiger partial charge in [-0.1, -0.05) is 0 Å². The molecule has 1 aromatic carbocycles. The second-order valence-electron chi connectivity index (χ2n) is 7.33. The van der Waals surface area contributed by atoms with Crippen molar-refractivity contribution in [1.82, 2.24) is 5.12 Å². The molecule has 1 N–H and O–H groups in total. The number of hydrogen-bond acceptors (Lipinski definition) is 5. The standard InChI is InChI=1S/C15H6F16N2O4S.K/c16-8(17,7(34)32-5-1-3-6(4-2-5)38(35,36)37)10(19,20)9(18)11(21,22)12(23,24)15(29,30)33(31)13(9,25)14(26,27)28;/h1-4H,(H,32,34)(H,35,36,37);/q;+1/p-1. The molecule has 218 valence electrons. The van der Waals surface area contributed by atoms with Crippen LogP contribution in [0.4, 0.5) is 76.0 Å². The van der Waals surface area contributed by atoms with Crippen LogP contribution in [0.1, 0.15) is 0 Å². The number of benzene rings is 1. The maximum absolute atomic E-state index is 14.9. The summed E-state index contributed by atoms with van der Waals surface area (Å²) >= 11 is 0.